The summed E-state index contributed by atoms with van der Waals surface area (Å²) in [7, 11) is 1.58. The molecule has 1 aliphatic carbocycles. The number of amides is 1. The second kappa shape index (κ2) is 8.94. The van der Waals surface area contributed by atoms with E-state index in [4.69, 9.17) is 9.47 Å². The number of carbonyl (C=O) groups excluding carboxylic acids is 1. The van der Waals surface area contributed by atoms with Gasteiger partial charge >= 0.3 is 0 Å². The number of benzene rings is 1. The fourth-order valence-corrected chi connectivity index (χ4v) is 4.71. The summed E-state index contributed by atoms with van der Waals surface area (Å²) in [6.07, 6.45) is 6.16. The molecule has 0 radical (unpaired) electrons. The van der Waals surface area contributed by atoms with Gasteiger partial charge in [-0.2, -0.15) is 5.26 Å². The van der Waals surface area contributed by atoms with E-state index < -0.39 is 0 Å². The fraction of sp³-hybridized carbons (Fsp3) is 0.364. The van der Waals surface area contributed by atoms with Crippen molar-refractivity contribution in [2.24, 2.45) is 5.92 Å². The van der Waals surface area contributed by atoms with E-state index in [1.807, 2.05) is 25.1 Å². The minimum atomic E-state index is -0.254. The second-order valence-corrected chi connectivity index (χ2v) is 7.94. The molecule has 1 aliphatic rings. The van der Waals surface area contributed by atoms with Crippen LogP contribution in [-0.4, -0.2) is 19.6 Å². The number of nitriles is 1. The summed E-state index contributed by atoms with van der Waals surface area (Å²) in [5, 5.41) is 13.1. The molecule has 2 aromatic rings. The second-order valence-electron chi connectivity index (χ2n) is 6.83. The van der Waals surface area contributed by atoms with Gasteiger partial charge in [0.15, 0.2) is 11.5 Å². The summed E-state index contributed by atoms with van der Waals surface area (Å²) >= 11 is 1.53. The normalized spacial score (nSPS) is 15.7. The number of fused-ring (bicyclic) bond motifs is 1. The van der Waals surface area contributed by atoms with E-state index in [1.54, 1.807) is 13.2 Å². The summed E-state index contributed by atoms with van der Waals surface area (Å²) < 4.78 is 10.8. The largest absolute Gasteiger partial charge is 0.493 e. The lowest BCUT2D eigenvalue weighted by Crippen LogP contribution is -2.10. The van der Waals surface area contributed by atoms with Gasteiger partial charge in [0, 0.05) is 11.0 Å². The van der Waals surface area contributed by atoms with Crippen molar-refractivity contribution in [2.75, 3.05) is 19.0 Å². The highest BCUT2D eigenvalue weighted by Crippen LogP contribution is 2.39. The summed E-state index contributed by atoms with van der Waals surface area (Å²) in [6.45, 7) is 4.69. The monoisotopic (exact) mass is 396 g/mol. The summed E-state index contributed by atoms with van der Waals surface area (Å²) in [5.41, 5.74) is 2.56. The number of methoxy groups -OCH3 is 1. The molecule has 1 N–H and O–H groups in total. The lowest BCUT2D eigenvalue weighted by Gasteiger charge is -2.17. The Morgan fingerprint density at radius 3 is 2.96 bits per heavy atom. The van der Waals surface area contributed by atoms with Gasteiger partial charge in [0.05, 0.1) is 19.3 Å². The topological polar surface area (TPSA) is 71.3 Å². The van der Waals surface area contributed by atoms with Gasteiger partial charge in [0.25, 0.3) is 0 Å². The number of rotatable bonds is 6. The number of thiophene rings is 1. The lowest BCUT2D eigenvalue weighted by molar-refractivity contribution is -0.111. The molecule has 5 nitrogen and oxygen atoms in total. The van der Waals surface area contributed by atoms with E-state index in [-0.39, 0.29) is 5.91 Å². The fourth-order valence-electron chi connectivity index (χ4n) is 3.35. The molecule has 146 valence electrons. The Kier molecular flexibility index (Phi) is 6.37. The van der Waals surface area contributed by atoms with Crippen molar-refractivity contribution in [1.82, 2.24) is 0 Å². The Morgan fingerprint density at radius 2 is 2.25 bits per heavy atom. The molecule has 0 fully saturated rings. The van der Waals surface area contributed by atoms with Crippen LogP contribution in [0.5, 0.6) is 11.5 Å². The van der Waals surface area contributed by atoms with E-state index in [2.05, 4.69) is 18.3 Å². The van der Waals surface area contributed by atoms with Crippen LogP contribution in [0.2, 0.25) is 0 Å². The average Bonchev–Trinajstić information content (AvgIpc) is 3.03. The maximum absolute atomic E-state index is 12.4. The van der Waals surface area contributed by atoms with Crippen molar-refractivity contribution in [1.29, 1.82) is 5.26 Å². The Bertz CT molecular complexity index is 940. The van der Waals surface area contributed by atoms with Gasteiger partial charge in [0.2, 0.25) is 5.91 Å². The van der Waals surface area contributed by atoms with E-state index >= 15 is 0 Å². The first-order valence-corrected chi connectivity index (χ1v) is 10.2. The Labute approximate surface area is 169 Å². The SMILES string of the molecule is CCOc1ccc(/C=C/C(=O)Nc2sc3c(c2C#N)CC[C@H](C)C3)cc1OC. The highest BCUT2D eigenvalue weighted by molar-refractivity contribution is 7.16. The lowest BCUT2D eigenvalue weighted by atomic mass is 9.89. The van der Waals surface area contributed by atoms with Crippen LogP contribution in [-0.2, 0) is 17.6 Å². The number of ether oxygens (including phenoxy) is 2. The van der Waals surface area contributed by atoms with E-state index in [1.165, 1.54) is 22.3 Å². The van der Waals surface area contributed by atoms with Crippen LogP contribution < -0.4 is 14.8 Å². The predicted octanol–water partition coefficient (Wildman–Crippen LogP) is 4.80. The molecule has 0 unspecified atom stereocenters. The Hall–Kier alpha value is -2.78. The molecule has 1 aromatic carbocycles. The van der Waals surface area contributed by atoms with Gasteiger partial charge in [-0.25, -0.2) is 0 Å². The van der Waals surface area contributed by atoms with Crippen molar-refractivity contribution >= 4 is 28.3 Å². The first kappa shape index (κ1) is 20.0. The van der Waals surface area contributed by atoms with Gasteiger partial charge in [-0.1, -0.05) is 13.0 Å². The smallest absolute Gasteiger partial charge is 0.249 e. The maximum atomic E-state index is 12.4. The summed E-state index contributed by atoms with van der Waals surface area (Å²) in [4.78, 5) is 13.6. The van der Waals surface area contributed by atoms with Crippen LogP contribution in [0, 0.1) is 17.2 Å². The van der Waals surface area contributed by atoms with Crippen molar-refractivity contribution in [3.63, 3.8) is 0 Å². The Morgan fingerprint density at radius 1 is 1.43 bits per heavy atom. The summed E-state index contributed by atoms with van der Waals surface area (Å²) in [5.74, 6) is 1.66. The highest BCUT2D eigenvalue weighted by atomic mass is 32.1. The molecule has 1 heterocycles. The zero-order chi connectivity index (χ0) is 20.1. The molecule has 3 rings (SSSR count). The molecule has 1 atom stereocenters. The highest BCUT2D eigenvalue weighted by Gasteiger charge is 2.24. The molecule has 0 aliphatic heterocycles. The molecular weight excluding hydrogens is 372 g/mol. The number of carbonyl (C=O) groups is 1. The van der Waals surface area contributed by atoms with Crippen molar-refractivity contribution in [3.8, 4) is 17.6 Å². The Balaban J connectivity index is 1.73. The molecule has 1 aromatic heterocycles. The van der Waals surface area contributed by atoms with Gasteiger partial charge in [-0.05, 0) is 61.4 Å². The number of nitrogens with zero attached hydrogens (tertiary/aromatic N) is 1. The third-order valence-electron chi connectivity index (χ3n) is 4.77. The van der Waals surface area contributed by atoms with Gasteiger partial charge in [-0.3, -0.25) is 4.79 Å². The number of hydrogen-bond acceptors (Lipinski definition) is 5. The van der Waals surface area contributed by atoms with Gasteiger partial charge in [-0.15, -0.1) is 11.3 Å². The standard InChI is InChI=1S/C22H24N2O3S/c1-4-27-18-9-6-15(12-19(18)26-3)7-10-21(25)24-22-17(13-23)16-8-5-14(2)11-20(16)28-22/h6-7,9-10,12,14H,4-5,8,11H2,1-3H3,(H,24,25)/b10-7+/t14-/m0/s1. The number of hydrogen-bond donors (Lipinski definition) is 1. The minimum Gasteiger partial charge on any atom is -0.493 e. The van der Waals surface area contributed by atoms with Crippen molar-refractivity contribution in [2.45, 2.75) is 33.1 Å². The van der Waals surface area contributed by atoms with Crippen molar-refractivity contribution in [3.05, 3.63) is 45.8 Å². The molecule has 0 saturated carbocycles. The van der Waals surface area contributed by atoms with Crippen LogP contribution in [0.15, 0.2) is 24.3 Å². The van der Waals surface area contributed by atoms with Gasteiger partial charge in [0.1, 0.15) is 11.1 Å². The number of anilines is 1. The summed E-state index contributed by atoms with van der Waals surface area (Å²) in [6, 6.07) is 7.78. The maximum Gasteiger partial charge on any atom is 0.249 e. The van der Waals surface area contributed by atoms with Crippen LogP contribution in [0.25, 0.3) is 6.08 Å². The third kappa shape index (κ3) is 4.37. The third-order valence-corrected chi connectivity index (χ3v) is 5.94. The van der Waals surface area contributed by atoms with Crippen LogP contribution in [0.1, 0.15) is 41.8 Å². The van der Waals surface area contributed by atoms with Crippen LogP contribution in [0.4, 0.5) is 5.00 Å². The minimum absolute atomic E-state index is 0.254. The van der Waals surface area contributed by atoms with Crippen LogP contribution >= 0.6 is 11.3 Å². The van der Waals surface area contributed by atoms with E-state index in [9.17, 15) is 10.1 Å². The molecule has 0 bridgehead atoms. The average molecular weight is 397 g/mol. The molecule has 1 amide bonds. The molecule has 28 heavy (non-hydrogen) atoms. The predicted molar refractivity (Wildman–Crippen MR) is 112 cm³/mol. The zero-order valence-electron chi connectivity index (χ0n) is 16.4. The number of nitrogens with one attached hydrogen (secondary N) is 1. The van der Waals surface area contributed by atoms with E-state index in [0.717, 1.165) is 30.4 Å². The first-order valence-electron chi connectivity index (χ1n) is 9.40. The molecule has 0 spiro atoms. The first-order chi connectivity index (χ1) is 13.5. The zero-order valence-corrected chi connectivity index (χ0v) is 17.2. The van der Waals surface area contributed by atoms with Crippen molar-refractivity contribution < 1.29 is 14.3 Å². The van der Waals surface area contributed by atoms with Crippen LogP contribution in [0.3, 0.4) is 0 Å². The quantitative estimate of drug-likeness (QED) is 0.712. The molecule has 0 saturated heterocycles. The molecule has 6 heteroatoms. The molecular formula is C22H24N2O3S. The van der Waals surface area contributed by atoms with Gasteiger partial charge < -0.3 is 14.8 Å². The van der Waals surface area contributed by atoms with E-state index in [0.29, 0.717) is 34.6 Å².